The summed E-state index contributed by atoms with van der Waals surface area (Å²) in [4.78, 5) is 34.6. The molecule has 1 amide bonds. The molecule has 0 aromatic heterocycles. The molecular formula is C20H22N2O6. The lowest BCUT2D eigenvalue weighted by Gasteiger charge is -2.14. The van der Waals surface area contributed by atoms with Crippen LogP contribution in [0.4, 0.5) is 5.69 Å². The number of nitro groups is 1. The average molecular weight is 386 g/mol. The summed E-state index contributed by atoms with van der Waals surface area (Å²) < 4.78 is 5.29. The monoisotopic (exact) mass is 386 g/mol. The lowest BCUT2D eigenvalue weighted by Crippen LogP contribution is -2.34. The number of carbonyl (C=O) groups is 2. The molecule has 0 saturated heterocycles. The van der Waals surface area contributed by atoms with Crippen molar-refractivity contribution < 1.29 is 24.4 Å². The predicted octanol–water partition coefficient (Wildman–Crippen LogP) is 2.98. The predicted molar refractivity (Wildman–Crippen MR) is 103 cm³/mol. The van der Waals surface area contributed by atoms with E-state index in [2.05, 4.69) is 5.32 Å². The van der Waals surface area contributed by atoms with Crippen LogP contribution in [0, 0.1) is 23.0 Å². The van der Waals surface area contributed by atoms with Crippen molar-refractivity contribution >= 4 is 17.6 Å². The van der Waals surface area contributed by atoms with Crippen LogP contribution in [0.25, 0.3) is 0 Å². The van der Waals surface area contributed by atoms with Crippen LogP contribution in [0.15, 0.2) is 42.5 Å². The fourth-order valence-electron chi connectivity index (χ4n) is 2.79. The molecule has 0 aliphatic carbocycles. The maximum atomic E-state index is 12.5. The molecular weight excluding hydrogens is 364 g/mol. The SMILES string of the molecule is CCOc1ccc([N+](=O)[O-])c(C(=O)NCC(Cc2cccc(C)c2)C(=O)O)c1. The normalized spacial score (nSPS) is 11.5. The molecule has 1 unspecified atom stereocenters. The van der Waals surface area contributed by atoms with Crippen LogP contribution in [0.1, 0.15) is 28.4 Å². The number of nitro benzene ring substituents is 1. The number of benzene rings is 2. The van der Waals surface area contributed by atoms with E-state index in [1.54, 1.807) is 6.92 Å². The Morgan fingerprint density at radius 2 is 2.00 bits per heavy atom. The summed E-state index contributed by atoms with van der Waals surface area (Å²) >= 11 is 0. The fourth-order valence-corrected chi connectivity index (χ4v) is 2.79. The number of hydrogen-bond acceptors (Lipinski definition) is 5. The first kappa shape index (κ1) is 20.9. The third-order valence-corrected chi connectivity index (χ3v) is 4.14. The van der Waals surface area contributed by atoms with Gasteiger partial charge in [0.05, 0.1) is 17.4 Å². The molecule has 2 N–H and O–H groups in total. The van der Waals surface area contributed by atoms with Gasteiger partial charge in [-0.3, -0.25) is 19.7 Å². The van der Waals surface area contributed by atoms with Crippen LogP contribution < -0.4 is 10.1 Å². The Hall–Kier alpha value is -3.42. The highest BCUT2D eigenvalue weighted by Crippen LogP contribution is 2.24. The van der Waals surface area contributed by atoms with E-state index in [-0.39, 0.29) is 24.2 Å². The van der Waals surface area contributed by atoms with Gasteiger partial charge >= 0.3 is 5.97 Å². The van der Waals surface area contributed by atoms with Crippen molar-refractivity contribution in [1.29, 1.82) is 0 Å². The number of rotatable bonds is 9. The van der Waals surface area contributed by atoms with Gasteiger partial charge in [0.25, 0.3) is 11.6 Å². The minimum atomic E-state index is -1.06. The number of nitrogens with one attached hydrogen (secondary N) is 1. The van der Waals surface area contributed by atoms with Gasteiger partial charge in [-0.15, -0.1) is 0 Å². The van der Waals surface area contributed by atoms with Gasteiger partial charge < -0.3 is 15.2 Å². The Kier molecular flexibility index (Phi) is 7.08. The summed E-state index contributed by atoms with van der Waals surface area (Å²) in [5, 5.41) is 23.2. The van der Waals surface area contributed by atoms with Gasteiger partial charge in [0.1, 0.15) is 11.3 Å². The van der Waals surface area contributed by atoms with E-state index in [0.717, 1.165) is 11.1 Å². The highest BCUT2D eigenvalue weighted by atomic mass is 16.6. The van der Waals surface area contributed by atoms with E-state index in [0.29, 0.717) is 12.4 Å². The summed E-state index contributed by atoms with van der Waals surface area (Å²) in [7, 11) is 0. The molecule has 2 rings (SSSR count). The number of hydrogen-bond donors (Lipinski definition) is 2. The minimum Gasteiger partial charge on any atom is -0.494 e. The number of carbonyl (C=O) groups excluding carboxylic acids is 1. The maximum absolute atomic E-state index is 12.5. The molecule has 0 bridgehead atoms. The van der Waals surface area contributed by atoms with E-state index in [1.807, 2.05) is 31.2 Å². The Labute approximate surface area is 162 Å². The third-order valence-electron chi connectivity index (χ3n) is 4.14. The Morgan fingerprint density at radius 1 is 1.25 bits per heavy atom. The summed E-state index contributed by atoms with van der Waals surface area (Å²) in [6, 6.07) is 11.3. The summed E-state index contributed by atoms with van der Waals surface area (Å²) in [6.45, 7) is 3.85. The zero-order valence-corrected chi connectivity index (χ0v) is 15.7. The highest BCUT2D eigenvalue weighted by molar-refractivity contribution is 5.98. The lowest BCUT2D eigenvalue weighted by molar-refractivity contribution is -0.385. The molecule has 0 saturated carbocycles. The first-order valence-corrected chi connectivity index (χ1v) is 8.79. The lowest BCUT2D eigenvalue weighted by atomic mass is 9.98. The second-order valence-corrected chi connectivity index (χ2v) is 6.31. The quantitative estimate of drug-likeness (QED) is 0.505. The topological polar surface area (TPSA) is 119 Å². The number of ether oxygens (including phenoxy) is 1. The van der Waals surface area contributed by atoms with Crippen molar-refractivity contribution in [2.75, 3.05) is 13.2 Å². The van der Waals surface area contributed by atoms with Gasteiger partial charge in [-0.05, 0) is 38.0 Å². The maximum Gasteiger partial charge on any atom is 0.308 e. The smallest absolute Gasteiger partial charge is 0.308 e. The van der Waals surface area contributed by atoms with Crippen LogP contribution in [-0.4, -0.2) is 35.1 Å². The number of nitrogens with zero attached hydrogens (tertiary/aromatic N) is 1. The van der Waals surface area contributed by atoms with Crippen molar-refractivity contribution in [3.8, 4) is 5.75 Å². The minimum absolute atomic E-state index is 0.155. The second-order valence-electron chi connectivity index (χ2n) is 6.31. The highest BCUT2D eigenvalue weighted by Gasteiger charge is 2.24. The van der Waals surface area contributed by atoms with Crippen LogP contribution in [0.2, 0.25) is 0 Å². The van der Waals surface area contributed by atoms with E-state index < -0.39 is 22.7 Å². The van der Waals surface area contributed by atoms with Gasteiger partial charge in [0.15, 0.2) is 0 Å². The van der Waals surface area contributed by atoms with Gasteiger partial charge in [-0.1, -0.05) is 29.8 Å². The van der Waals surface area contributed by atoms with Crippen molar-refractivity contribution in [3.63, 3.8) is 0 Å². The van der Waals surface area contributed by atoms with Crippen molar-refractivity contribution in [2.45, 2.75) is 20.3 Å². The first-order valence-electron chi connectivity index (χ1n) is 8.79. The molecule has 148 valence electrons. The molecule has 2 aromatic rings. The number of carboxylic acids is 1. The largest absolute Gasteiger partial charge is 0.494 e. The number of amides is 1. The van der Waals surface area contributed by atoms with Crippen molar-refractivity contribution in [1.82, 2.24) is 5.32 Å². The van der Waals surface area contributed by atoms with Crippen LogP contribution in [0.3, 0.4) is 0 Å². The zero-order chi connectivity index (χ0) is 20.7. The fraction of sp³-hybridized carbons (Fsp3) is 0.300. The van der Waals surface area contributed by atoms with E-state index in [9.17, 15) is 24.8 Å². The standard InChI is InChI=1S/C20H22N2O6/c1-3-28-16-7-8-18(22(26)27)17(11-16)19(23)21-12-15(20(24)25)10-14-6-4-5-13(2)9-14/h4-9,11,15H,3,10,12H2,1-2H3,(H,21,23)(H,24,25). The second kappa shape index (κ2) is 9.50. The van der Waals surface area contributed by atoms with Crippen molar-refractivity contribution in [2.24, 2.45) is 5.92 Å². The molecule has 0 fully saturated rings. The van der Waals surface area contributed by atoms with Crippen LogP contribution >= 0.6 is 0 Å². The molecule has 2 aromatic carbocycles. The molecule has 0 aliphatic heterocycles. The summed E-state index contributed by atoms with van der Waals surface area (Å²) in [6.07, 6.45) is 0.234. The van der Waals surface area contributed by atoms with Gasteiger partial charge in [-0.25, -0.2) is 0 Å². The molecule has 0 aliphatic rings. The molecule has 8 heteroatoms. The molecule has 0 spiro atoms. The van der Waals surface area contributed by atoms with Crippen LogP contribution in [-0.2, 0) is 11.2 Å². The van der Waals surface area contributed by atoms with Crippen LogP contribution in [0.5, 0.6) is 5.75 Å². The van der Waals surface area contributed by atoms with E-state index >= 15 is 0 Å². The van der Waals surface area contributed by atoms with E-state index in [1.165, 1.54) is 18.2 Å². The Bertz CT molecular complexity index is 881. The molecule has 8 nitrogen and oxygen atoms in total. The molecule has 0 radical (unpaired) electrons. The molecule has 1 atom stereocenters. The number of aryl methyl sites for hydroxylation is 1. The number of carboxylic acid groups (broad SMARTS) is 1. The molecule has 28 heavy (non-hydrogen) atoms. The number of aliphatic carboxylic acids is 1. The summed E-state index contributed by atoms with van der Waals surface area (Å²) in [5.74, 6) is -2.31. The molecule has 0 heterocycles. The zero-order valence-electron chi connectivity index (χ0n) is 15.7. The van der Waals surface area contributed by atoms with Gasteiger partial charge in [-0.2, -0.15) is 0 Å². The van der Waals surface area contributed by atoms with Gasteiger partial charge in [0, 0.05) is 12.6 Å². The van der Waals surface area contributed by atoms with Gasteiger partial charge in [0.2, 0.25) is 0 Å². The summed E-state index contributed by atoms with van der Waals surface area (Å²) in [5.41, 5.74) is 1.31. The van der Waals surface area contributed by atoms with Crippen molar-refractivity contribution in [3.05, 3.63) is 69.3 Å². The third kappa shape index (κ3) is 5.54. The Balaban J connectivity index is 2.15. The first-order chi connectivity index (χ1) is 13.3. The average Bonchev–Trinajstić information content (AvgIpc) is 2.64. The Morgan fingerprint density at radius 3 is 2.61 bits per heavy atom. The van der Waals surface area contributed by atoms with E-state index in [4.69, 9.17) is 4.74 Å².